The van der Waals surface area contributed by atoms with E-state index in [-0.39, 0.29) is 0 Å². The molecule has 0 aliphatic heterocycles. The summed E-state index contributed by atoms with van der Waals surface area (Å²) in [5.74, 6) is 0. The normalized spacial score (nSPS) is 10.8. The first kappa shape index (κ1) is 8.05. The molecule has 0 amide bonds. The zero-order chi connectivity index (χ0) is 6.24. The Hall–Kier alpha value is 0.0500. The molecule has 1 nitrogen and oxygen atoms in total. The number of hydrogen-bond donors (Lipinski definition) is 0. The van der Waals surface area contributed by atoms with Gasteiger partial charge in [-0.2, -0.15) is 0 Å². The number of hydrogen-bond acceptors (Lipinski definition) is 2. The van der Waals surface area contributed by atoms with Gasteiger partial charge >= 0.3 is 0 Å². The molecule has 0 N–H and O–H groups in total. The van der Waals surface area contributed by atoms with Crippen LogP contribution in [-0.4, -0.2) is 13.4 Å². The fraction of sp³-hybridized carbons (Fsp3) is 0.333. The van der Waals surface area contributed by atoms with Crippen molar-refractivity contribution in [2.75, 3.05) is 13.4 Å². The first-order valence-corrected chi connectivity index (χ1v) is 3.58. The number of ether oxygens (including phenoxy) is 1. The van der Waals surface area contributed by atoms with Gasteiger partial charge in [0.25, 0.3) is 0 Å². The maximum Gasteiger partial charge on any atom is 0.0908 e. The van der Waals surface area contributed by atoms with Crippen LogP contribution in [0.2, 0.25) is 0 Å². The minimum atomic E-state index is 1.63. The fourth-order valence-electron chi connectivity index (χ4n) is 0.248. The summed E-state index contributed by atoms with van der Waals surface area (Å²) in [7, 11) is 1.63. The summed E-state index contributed by atoms with van der Waals surface area (Å²) in [6.07, 6.45) is 5.78. The molecule has 2 heteroatoms. The number of rotatable bonds is 4. The van der Waals surface area contributed by atoms with Crippen molar-refractivity contribution < 1.29 is 4.74 Å². The summed E-state index contributed by atoms with van der Waals surface area (Å²) in [6, 6.07) is 0. The number of thioether (sulfide) groups is 1. The van der Waals surface area contributed by atoms with Crippen molar-refractivity contribution in [2.45, 2.75) is 0 Å². The Balaban J connectivity index is 2.80. The van der Waals surface area contributed by atoms with Crippen molar-refractivity contribution in [1.82, 2.24) is 0 Å². The monoisotopic (exact) mass is 130 g/mol. The average molecular weight is 130 g/mol. The zero-order valence-corrected chi connectivity index (χ0v) is 5.94. The van der Waals surface area contributed by atoms with Gasteiger partial charge in [-0.15, -0.1) is 11.8 Å². The lowest BCUT2D eigenvalue weighted by Crippen LogP contribution is -1.74. The van der Waals surface area contributed by atoms with Crippen molar-refractivity contribution in [3.05, 3.63) is 24.5 Å². The second-order valence-electron chi connectivity index (χ2n) is 1.13. The fourth-order valence-corrected chi connectivity index (χ4v) is 0.496. The topological polar surface area (TPSA) is 9.23 Å². The highest BCUT2D eigenvalue weighted by molar-refractivity contribution is 8.01. The van der Waals surface area contributed by atoms with Crippen LogP contribution in [0.1, 0.15) is 0 Å². The second-order valence-corrected chi connectivity index (χ2v) is 1.87. The van der Waals surface area contributed by atoms with Gasteiger partial charge in [0.2, 0.25) is 0 Å². The van der Waals surface area contributed by atoms with Crippen molar-refractivity contribution in [3.8, 4) is 0 Å². The van der Waals surface area contributed by atoms with Gasteiger partial charge in [0.1, 0.15) is 0 Å². The van der Waals surface area contributed by atoms with Gasteiger partial charge in [-0.05, 0) is 11.7 Å². The smallest absolute Gasteiger partial charge is 0.0908 e. The standard InChI is InChI=1S/C6H10OS/c1-7-5-3-4-6-8-2/h3-6H,1-2H3/b6-4-. The van der Waals surface area contributed by atoms with Crippen LogP contribution in [0.15, 0.2) is 11.5 Å². The van der Waals surface area contributed by atoms with Crippen LogP contribution in [0.25, 0.3) is 0 Å². The van der Waals surface area contributed by atoms with Crippen LogP contribution in [-0.2, 0) is 4.74 Å². The molecular formula is C6H10OS. The summed E-state index contributed by atoms with van der Waals surface area (Å²) in [5.41, 5.74) is 0. The van der Waals surface area contributed by atoms with Crippen LogP contribution >= 0.6 is 11.8 Å². The molecule has 0 atom stereocenters. The zero-order valence-electron chi connectivity index (χ0n) is 5.13. The third-order valence-corrected chi connectivity index (χ3v) is 0.970. The molecular weight excluding hydrogens is 120 g/mol. The van der Waals surface area contributed by atoms with E-state index in [2.05, 4.69) is 4.74 Å². The molecule has 0 aliphatic carbocycles. The van der Waals surface area contributed by atoms with Gasteiger partial charge in [-0.3, -0.25) is 0 Å². The van der Waals surface area contributed by atoms with E-state index in [0.717, 1.165) is 0 Å². The average Bonchev–Trinajstić information content (AvgIpc) is 1.81. The Kier molecular flexibility index (Phi) is 7.09. The minimum Gasteiger partial charge on any atom is -0.378 e. The SMILES string of the molecule is CO[CH][CH]/C=C\SC. The van der Waals surface area contributed by atoms with Gasteiger partial charge < -0.3 is 4.74 Å². The Morgan fingerprint density at radius 1 is 1.50 bits per heavy atom. The Morgan fingerprint density at radius 3 is 2.75 bits per heavy atom. The quantitative estimate of drug-likeness (QED) is 0.537. The lowest BCUT2D eigenvalue weighted by molar-refractivity contribution is 0.291. The minimum absolute atomic E-state index is 1.63. The lowest BCUT2D eigenvalue weighted by Gasteiger charge is -1.86. The molecule has 0 bridgehead atoms. The van der Waals surface area contributed by atoms with Gasteiger partial charge in [-0.1, -0.05) is 6.08 Å². The highest BCUT2D eigenvalue weighted by Crippen LogP contribution is 1.95. The molecule has 0 fully saturated rings. The number of methoxy groups -OCH3 is 1. The van der Waals surface area contributed by atoms with Gasteiger partial charge in [0, 0.05) is 13.5 Å². The predicted octanol–water partition coefficient (Wildman–Crippen LogP) is 1.88. The summed E-state index contributed by atoms with van der Waals surface area (Å²) in [5, 5.41) is 1.98. The van der Waals surface area contributed by atoms with E-state index in [1.165, 1.54) is 0 Å². The third kappa shape index (κ3) is 6.05. The molecule has 0 saturated carbocycles. The molecule has 8 heavy (non-hydrogen) atoms. The molecule has 46 valence electrons. The second kappa shape index (κ2) is 7.05. The van der Waals surface area contributed by atoms with Crippen molar-refractivity contribution in [2.24, 2.45) is 0 Å². The van der Waals surface area contributed by atoms with E-state index in [1.54, 1.807) is 25.5 Å². The molecule has 0 saturated heterocycles. The van der Waals surface area contributed by atoms with E-state index in [9.17, 15) is 0 Å². The summed E-state index contributed by atoms with van der Waals surface area (Å²) in [6.45, 7) is 1.63. The van der Waals surface area contributed by atoms with E-state index in [4.69, 9.17) is 0 Å². The van der Waals surface area contributed by atoms with Crippen molar-refractivity contribution >= 4 is 11.8 Å². The van der Waals surface area contributed by atoms with Crippen LogP contribution < -0.4 is 0 Å². The lowest BCUT2D eigenvalue weighted by atomic mass is 10.5. The first-order chi connectivity index (χ1) is 3.91. The van der Waals surface area contributed by atoms with Crippen LogP contribution in [0.4, 0.5) is 0 Å². The molecule has 0 rings (SSSR count). The summed E-state index contributed by atoms with van der Waals surface area (Å²) >= 11 is 1.66. The molecule has 0 unspecified atom stereocenters. The van der Waals surface area contributed by atoms with E-state index in [0.29, 0.717) is 0 Å². The highest BCUT2D eigenvalue weighted by atomic mass is 32.2. The van der Waals surface area contributed by atoms with Crippen molar-refractivity contribution in [1.29, 1.82) is 0 Å². The molecule has 2 radical (unpaired) electrons. The molecule has 0 spiro atoms. The molecule has 0 aliphatic rings. The Morgan fingerprint density at radius 2 is 2.25 bits per heavy atom. The van der Waals surface area contributed by atoms with Gasteiger partial charge in [0.15, 0.2) is 0 Å². The maximum absolute atomic E-state index is 4.65. The molecule has 0 aromatic heterocycles. The van der Waals surface area contributed by atoms with Crippen LogP contribution in [0, 0.1) is 13.0 Å². The third-order valence-electron chi connectivity index (χ3n) is 0.540. The van der Waals surface area contributed by atoms with Crippen LogP contribution in [0.3, 0.4) is 0 Å². The predicted molar refractivity (Wildman–Crippen MR) is 38.3 cm³/mol. The van der Waals surface area contributed by atoms with E-state index in [1.807, 2.05) is 24.2 Å². The first-order valence-electron chi connectivity index (χ1n) is 2.29. The summed E-state index contributed by atoms with van der Waals surface area (Å²) < 4.78 is 4.65. The maximum atomic E-state index is 4.65. The van der Waals surface area contributed by atoms with Crippen molar-refractivity contribution in [3.63, 3.8) is 0 Å². The summed E-state index contributed by atoms with van der Waals surface area (Å²) in [4.78, 5) is 0. The van der Waals surface area contributed by atoms with E-state index >= 15 is 0 Å². The van der Waals surface area contributed by atoms with Gasteiger partial charge in [0.05, 0.1) is 6.61 Å². The largest absolute Gasteiger partial charge is 0.378 e. The molecule has 0 heterocycles. The van der Waals surface area contributed by atoms with Gasteiger partial charge in [-0.25, -0.2) is 0 Å². The van der Waals surface area contributed by atoms with E-state index < -0.39 is 0 Å². The Bertz CT molecular complexity index is 61.5. The Labute approximate surface area is 55.1 Å². The van der Waals surface area contributed by atoms with Crippen LogP contribution in [0.5, 0.6) is 0 Å². The molecule has 0 aromatic carbocycles. The molecule has 0 aromatic rings. The highest BCUT2D eigenvalue weighted by Gasteiger charge is 1.75.